The predicted octanol–water partition coefficient (Wildman–Crippen LogP) is 3.43. The number of nitrogens with zero attached hydrogens (tertiary/aromatic N) is 1. The molecule has 1 fully saturated rings. The van der Waals surface area contributed by atoms with Crippen molar-refractivity contribution < 1.29 is 27.5 Å². The first-order valence-corrected chi connectivity index (χ1v) is 11.2. The molecule has 0 aromatic heterocycles. The Balaban J connectivity index is 1.42. The molecule has 172 valence electrons. The second-order valence-corrected chi connectivity index (χ2v) is 8.27. The van der Waals surface area contributed by atoms with Crippen LogP contribution in [0.15, 0.2) is 53.4 Å². The number of carbonyl (C=O) groups is 2. The van der Waals surface area contributed by atoms with Gasteiger partial charge in [-0.1, -0.05) is 18.2 Å². The lowest BCUT2D eigenvalue weighted by Gasteiger charge is -2.17. The quantitative estimate of drug-likeness (QED) is 0.583. The van der Waals surface area contributed by atoms with Crippen LogP contribution in [0, 0.1) is 0 Å². The van der Waals surface area contributed by atoms with Crippen LogP contribution in [-0.2, 0) is 11.3 Å². The van der Waals surface area contributed by atoms with E-state index in [4.69, 9.17) is 0 Å². The Morgan fingerprint density at radius 3 is 2.62 bits per heavy atom. The molecule has 0 unspecified atom stereocenters. The van der Waals surface area contributed by atoms with Gasteiger partial charge in [-0.2, -0.15) is 0 Å². The predicted molar refractivity (Wildman–Crippen MR) is 116 cm³/mol. The van der Waals surface area contributed by atoms with E-state index in [-0.39, 0.29) is 24.1 Å². The summed E-state index contributed by atoms with van der Waals surface area (Å²) in [6.07, 6.45) is -2.01. The zero-order valence-corrected chi connectivity index (χ0v) is 18.3. The van der Waals surface area contributed by atoms with Crippen molar-refractivity contribution >= 4 is 23.6 Å². The van der Waals surface area contributed by atoms with Crippen molar-refractivity contribution in [3.63, 3.8) is 0 Å². The molecule has 2 aromatic carbocycles. The molecule has 32 heavy (non-hydrogen) atoms. The Morgan fingerprint density at radius 2 is 1.94 bits per heavy atom. The van der Waals surface area contributed by atoms with Gasteiger partial charge in [-0.05, 0) is 48.6 Å². The average molecular weight is 468 g/mol. The Kier molecular flexibility index (Phi) is 8.03. The zero-order valence-electron chi connectivity index (χ0n) is 17.4. The zero-order chi connectivity index (χ0) is 23.1. The van der Waals surface area contributed by atoms with E-state index in [0.29, 0.717) is 6.54 Å². The molecule has 2 amide bonds. The summed E-state index contributed by atoms with van der Waals surface area (Å²) < 4.78 is 40.8. The number of thioether (sulfide) groups is 1. The molecular weight excluding hydrogens is 443 g/mol. The van der Waals surface area contributed by atoms with Crippen molar-refractivity contribution in [1.82, 2.24) is 15.5 Å². The van der Waals surface area contributed by atoms with E-state index < -0.39 is 18.0 Å². The number of rotatable bonds is 8. The van der Waals surface area contributed by atoms with Gasteiger partial charge < -0.3 is 15.4 Å². The number of likely N-dealkylation sites (tertiary alicyclic amines) is 1. The van der Waals surface area contributed by atoms with E-state index in [1.165, 1.54) is 22.6 Å². The Bertz CT molecular complexity index is 938. The highest BCUT2D eigenvalue weighted by molar-refractivity contribution is 7.98. The maximum Gasteiger partial charge on any atom is 0.573 e. The first-order chi connectivity index (χ1) is 15.2. The van der Waals surface area contributed by atoms with E-state index in [1.54, 1.807) is 11.8 Å². The lowest BCUT2D eigenvalue weighted by atomic mass is 10.2. The fourth-order valence-corrected chi connectivity index (χ4v) is 3.87. The fraction of sp³-hybridized carbons (Fsp3) is 0.364. The van der Waals surface area contributed by atoms with Crippen LogP contribution in [0.1, 0.15) is 22.3 Å². The van der Waals surface area contributed by atoms with Gasteiger partial charge >= 0.3 is 6.36 Å². The monoisotopic (exact) mass is 467 g/mol. The lowest BCUT2D eigenvalue weighted by Crippen LogP contribution is -2.43. The van der Waals surface area contributed by atoms with Gasteiger partial charge in [0.05, 0.1) is 6.54 Å². The highest BCUT2D eigenvalue weighted by atomic mass is 32.2. The molecule has 1 aliphatic heterocycles. The van der Waals surface area contributed by atoms with Crippen molar-refractivity contribution in [2.24, 2.45) is 0 Å². The topological polar surface area (TPSA) is 70.7 Å². The van der Waals surface area contributed by atoms with E-state index in [1.807, 2.05) is 6.26 Å². The second-order valence-electron chi connectivity index (χ2n) is 7.39. The molecule has 0 radical (unpaired) electrons. The number of ether oxygens (including phenoxy) is 1. The van der Waals surface area contributed by atoms with Crippen LogP contribution in [0.2, 0.25) is 0 Å². The molecule has 10 heteroatoms. The smallest absolute Gasteiger partial charge is 0.406 e. The fourth-order valence-electron chi connectivity index (χ4n) is 3.46. The molecule has 6 nitrogen and oxygen atoms in total. The normalized spacial score (nSPS) is 16.6. The third-order valence-corrected chi connectivity index (χ3v) is 5.69. The van der Waals surface area contributed by atoms with Gasteiger partial charge in [-0.3, -0.25) is 14.5 Å². The van der Waals surface area contributed by atoms with Gasteiger partial charge in [0.25, 0.3) is 5.91 Å². The van der Waals surface area contributed by atoms with E-state index in [2.05, 4.69) is 44.5 Å². The summed E-state index contributed by atoms with van der Waals surface area (Å²) in [6.45, 7) is 2.10. The maximum absolute atomic E-state index is 12.3. The summed E-state index contributed by atoms with van der Waals surface area (Å²) in [6, 6.07) is 13.0. The Hall–Kier alpha value is -2.72. The van der Waals surface area contributed by atoms with Gasteiger partial charge in [0.2, 0.25) is 5.91 Å². The van der Waals surface area contributed by atoms with Crippen molar-refractivity contribution in [2.45, 2.75) is 30.3 Å². The third kappa shape index (κ3) is 7.45. The van der Waals surface area contributed by atoms with E-state index >= 15 is 0 Å². The van der Waals surface area contributed by atoms with Crippen molar-refractivity contribution in [2.75, 3.05) is 25.9 Å². The number of nitrogens with one attached hydrogen (secondary N) is 2. The standard InChI is InChI=1S/C22H24F3N3O3S/c1-32-19-7-5-15(6-8-19)13-28-10-9-17(14-28)27-20(29)12-26-21(30)16-3-2-4-18(11-16)31-22(23,24)25/h2-8,11,17H,9-10,12-14H2,1H3,(H,26,30)(H,27,29)/t17-/m1/s1. The molecule has 1 heterocycles. The van der Waals surface area contributed by atoms with Gasteiger partial charge in [-0.15, -0.1) is 24.9 Å². The number of halogens is 3. The Morgan fingerprint density at radius 1 is 1.19 bits per heavy atom. The highest BCUT2D eigenvalue weighted by Gasteiger charge is 2.31. The SMILES string of the molecule is CSc1ccc(CN2CC[C@@H](NC(=O)CNC(=O)c3cccc(OC(F)(F)F)c3)C2)cc1. The summed E-state index contributed by atoms with van der Waals surface area (Å²) >= 11 is 1.69. The van der Waals surface area contributed by atoms with Gasteiger partial charge in [0.15, 0.2) is 0 Å². The van der Waals surface area contributed by atoms with E-state index in [0.717, 1.165) is 31.6 Å². The minimum atomic E-state index is -4.85. The molecule has 0 aliphatic carbocycles. The lowest BCUT2D eigenvalue weighted by molar-refractivity contribution is -0.274. The van der Waals surface area contributed by atoms with Crippen LogP contribution in [0.25, 0.3) is 0 Å². The molecule has 3 rings (SSSR count). The van der Waals surface area contributed by atoms with Crippen LogP contribution in [0.3, 0.4) is 0 Å². The second kappa shape index (κ2) is 10.7. The van der Waals surface area contributed by atoms with Crippen LogP contribution < -0.4 is 15.4 Å². The minimum Gasteiger partial charge on any atom is -0.406 e. The first kappa shape index (κ1) is 23.9. The Labute approximate surface area is 188 Å². The summed E-state index contributed by atoms with van der Waals surface area (Å²) in [7, 11) is 0. The molecule has 1 atom stereocenters. The van der Waals surface area contributed by atoms with E-state index in [9.17, 15) is 22.8 Å². The number of amides is 2. The van der Waals surface area contributed by atoms with Crippen LogP contribution >= 0.6 is 11.8 Å². The summed E-state index contributed by atoms with van der Waals surface area (Å²) in [5.74, 6) is -1.50. The van der Waals surface area contributed by atoms with Crippen LogP contribution in [0.5, 0.6) is 5.75 Å². The number of hydrogen-bond acceptors (Lipinski definition) is 5. The molecule has 2 aromatic rings. The number of hydrogen-bond donors (Lipinski definition) is 2. The van der Waals surface area contributed by atoms with Crippen molar-refractivity contribution in [3.05, 3.63) is 59.7 Å². The maximum atomic E-state index is 12.3. The molecule has 0 bridgehead atoms. The first-order valence-electron chi connectivity index (χ1n) is 10.0. The molecule has 2 N–H and O–H groups in total. The molecule has 1 saturated heterocycles. The summed E-state index contributed by atoms with van der Waals surface area (Å²) in [4.78, 5) is 27.8. The number of benzene rings is 2. The van der Waals surface area contributed by atoms with Crippen molar-refractivity contribution in [1.29, 1.82) is 0 Å². The molecule has 0 saturated carbocycles. The largest absolute Gasteiger partial charge is 0.573 e. The average Bonchev–Trinajstić information content (AvgIpc) is 3.18. The summed E-state index contributed by atoms with van der Waals surface area (Å²) in [5.41, 5.74) is 1.18. The van der Waals surface area contributed by atoms with Gasteiger partial charge in [0, 0.05) is 36.1 Å². The third-order valence-electron chi connectivity index (χ3n) is 4.94. The minimum absolute atomic E-state index is 0.0200. The molecule has 1 aliphatic rings. The van der Waals surface area contributed by atoms with Gasteiger partial charge in [-0.25, -0.2) is 0 Å². The van der Waals surface area contributed by atoms with Crippen LogP contribution in [0.4, 0.5) is 13.2 Å². The number of carbonyl (C=O) groups excluding carboxylic acids is 2. The number of alkyl halides is 3. The van der Waals surface area contributed by atoms with Gasteiger partial charge in [0.1, 0.15) is 5.75 Å². The summed E-state index contributed by atoms with van der Waals surface area (Å²) in [5, 5.41) is 5.31. The molecule has 0 spiro atoms. The molecular formula is C22H24F3N3O3S. The highest BCUT2D eigenvalue weighted by Crippen LogP contribution is 2.23. The van der Waals surface area contributed by atoms with Crippen LogP contribution in [-0.4, -0.2) is 55.0 Å². The van der Waals surface area contributed by atoms with Crippen molar-refractivity contribution in [3.8, 4) is 5.75 Å².